The Bertz CT molecular complexity index is 185. The molecule has 3 nitrogen and oxygen atoms in total. The summed E-state index contributed by atoms with van der Waals surface area (Å²) in [6.07, 6.45) is 2.83. The molecule has 0 heterocycles. The van der Waals surface area contributed by atoms with Gasteiger partial charge in [-0.1, -0.05) is 13.8 Å². The van der Waals surface area contributed by atoms with Gasteiger partial charge in [-0.25, -0.2) is 4.79 Å². The number of nitrogens with zero attached hydrogens (tertiary/aromatic N) is 1. The molecule has 0 aliphatic carbocycles. The van der Waals surface area contributed by atoms with Crippen LogP contribution >= 0.6 is 0 Å². The molecule has 3 heteroatoms. The van der Waals surface area contributed by atoms with Gasteiger partial charge in [0.05, 0.1) is 0 Å². The number of rotatable bonds is 5. The average Bonchev–Trinajstić information content (AvgIpc) is 1.96. The topological polar surface area (TPSA) is 40.5 Å². The van der Waals surface area contributed by atoms with Crippen LogP contribution in [0, 0.1) is 5.92 Å². The fourth-order valence-corrected chi connectivity index (χ4v) is 1.02. The second-order valence-corrected chi connectivity index (χ2v) is 3.84. The Labute approximate surface area is 80.0 Å². The van der Waals surface area contributed by atoms with Gasteiger partial charge in [0, 0.05) is 24.9 Å². The Morgan fingerprint density at radius 2 is 1.92 bits per heavy atom. The summed E-state index contributed by atoms with van der Waals surface area (Å²) in [5, 5.41) is 8.46. The van der Waals surface area contributed by atoms with E-state index in [1.165, 1.54) is 6.08 Å². The maximum Gasteiger partial charge on any atom is 0.329 e. The van der Waals surface area contributed by atoms with Crippen LogP contribution in [0.15, 0.2) is 12.3 Å². The molecule has 0 saturated carbocycles. The predicted octanol–water partition coefficient (Wildman–Crippen LogP) is 1.95. The van der Waals surface area contributed by atoms with Crippen molar-refractivity contribution in [2.75, 3.05) is 6.54 Å². The maximum atomic E-state index is 10.3. The largest absolute Gasteiger partial charge is 0.478 e. The lowest BCUT2D eigenvalue weighted by atomic mass is 10.2. The van der Waals surface area contributed by atoms with Gasteiger partial charge in [-0.05, 0) is 19.8 Å². The molecule has 0 rings (SSSR count). The van der Waals surface area contributed by atoms with E-state index in [4.69, 9.17) is 5.11 Å². The minimum absolute atomic E-state index is 0.345. The first-order valence-corrected chi connectivity index (χ1v) is 4.60. The quantitative estimate of drug-likeness (QED) is 0.665. The van der Waals surface area contributed by atoms with Crippen LogP contribution in [-0.4, -0.2) is 28.6 Å². The molecule has 0 spiro atoms. The third-order valence-electron chi connectivity index (χ3n) is 1.65. The van der Waals surface area contributed by atoms with E-state index in [2.05, 4.69) is 27.7 Å². The third-order valence-corrected chi connectivity index (χ3v) is 1.65. The maximum absolute atomic E-state index is 10.3. The Kier molecular flexibility index (Phi) is 5.19. The number of carbonyl (C=O) groups is 1. The summed E-state index contributed by atoms with van der Waals surface area (Å²) < 4.78 is 0. The summed E-state index contributed by atoms with van der Waals surface area (Å²) in [6, 6.07) is 0.345. The highest BCUT2D eigenvalue weighted by atomic mass is 16.4. The lowest BCUT2D eigenvalue weighted by Gasteiger charge is -2.26. The van der Waals surface area contributed by atoms with Gasteiger partial charge < -0.3 is 10.0 Å². The first-order chi connectivity index (χ1) is 5.93. The summed E-state index contributed by atoms with van der Waals surface area (Å²) in [6.45, 7) is 9.22. The molecular weight excluding hydrogens is 166 g/mol. The molecule has 0 aliphatic heterocycles. The van der Waals surface area contributed by atoms with Gasteiger partial charge in [0.15, 0.2) is 0 Å². The molecule has 0 radical (unpaired) electrons. The zero-order valence-corrected chi connectivity index (χ0v) is 8.82. The summed E-state index contributed by atoms with van der Waals surface area (Å²) in [7, 11) is 0. The van der Waals surface area contributed by atoms with Crippen molar-refractivity contribution in [3.63, 3.8) is 0 Å². The van der Waals surface area contributed by atoms with Crippen molar-refractivity contribution in [1.29, 1.82) is 0 Å². The number of carboxylic acid groups (broad SMARTS) is 1. The van der Waals surface area contributed by atoms with E-state index >= 15 is 0 Å². The molecule has 0 unspecified atom stereocenters. The third kappa shape index (κ3) is 6.20. The van der Waals surface area contributed by atoms with Crippen LogP contribution < -0.4 is 0 Å². The molecule has 0 aliphatic rings. The van der Waals surface area contributed by atoms with Crippen LogP contribution in [0.2, 0.25) is 0 Å². The van der Waals surface area contributed by atoms with E-state index in [9.17, 15) is 4.79 Å². The zero-order chi connectivity index (χ0) is 10.4. The standard InChI is InChI=1S/C10H19NO2/c1-8(2)7-11(9(3)4)6-5-10(12)13/h5-6,8-9H,7H2,1-4H3,(H,12,13). The average molecular weight is 185 g/mol. The Hall–Kier alpha value is -0.990. The van der Waals surface area contributed by atoms with Crippen LogP contribution in [0.25, 0.3) is 0 Å². The van der Waals surface area contributed by atoms with E-state index in [0.29, 0.717) is 12.0 Å². The Morgan fingerprint density at radius 1 is 1.38 bits per heavy atom. The lowest BCUT2D eigenvalue weighted by molar-refractivity contribution is -0.131. The minimum atomic E-state index is -0.894. The van der Waals surface area contributed by atoms with Gasteiger partial charge in [-0.2, -0.15) is 0 Å². The summed E-state index contributed by atoms with van der Waals surface area (Å²) in [4.78, 5) is 12.3. The van der Waals surface area contributed by atoms with Crippen LogP contribution in [-0.2, 0) is 4.79 Å². The van der Waals surface area contributed by atoms with Crippen LogP contribution in [0.5, 0.6) is 0 Å². The van der Waals surface area contributed by atoms with Crippen molar-refractivity contribution in [3.05, 3.63) is 12.3 Å². The van der Waals surface area contributed by atoms with E-state index < -0.39 is 5.97 Å². The van der Waals surface area contributed by atoms with Gasteiger partial charge in [0.2, 0.25) is 0 Å². The van der Waals surface area contributed by atoms with Crippen molar-refractivity contribution in [1.82, 2.24) is 4.90 Å². The van der Waals surface area contributed by atoms with Crippen molar-refractivity contribution >= 4 is 5.97 Å². The van der Waals surface area contributed by atoms with Crippen LogP contribution in [0.3, 0.4) is 0 Å². The predicted molar refractivity (Wildman–Crippen MR) is 53.5 cm³/mol. The number of hydrogen-bond donors (Lipinski definition) is 1. The molecule has 0 aromatic rings. The summed E-state index contributed by atoms with van der Waals surface area (Å²) in [5.74, 6) is -0.352. The first kappa shape index (κ1) is 12.0. The normalized spacial score (nSPS) is 11.5. The van der Waals surface area contributed by atoms with Gasteiger partial charge >= 0.3 is 5.97 Å². The first-order valence-electron chi connectivity index (χ1n) is 4.60. The molecule has 76 valence electrons. The smallest absolute Gasteiger partial charge is 0.329 e. The van der Waals surface area contributed by atoms with Gasteiger partial charge in [0.1, 0.15) is 0 Å². The molecule has 1 N–H and O–H groups in total. The van der Waals surface area contributed by atoms with Crippen LogP contribution in [0.4, 0.5) is 0 Å². The number of hydrogen-bond acceptors (Lipinski definition) is 2. The zero-order valence-electron chi connectivity index (χ0n) is 8.82. The fourth-order valence-electron chi connectivity index (χ4n) is 1.02. The second-order valence-electron chi connectivity index (χ2n) is 3.84. The molecule has 13 heavy (non-hydrogen) atoms. The van der Waals surface area contributed by atoms with E-state index in [-0.39, 0.29) is 0 Å². The Balaban J connectivity index is 4.17. The summed E-state index contributed by atoms with van der Waals surface area (Å²) >= 11 is 0. The monoisotopic (exact) mass is 185 g/mol. The second kappa shape index (κ2) is 5.62. The van der Waals surface area contributed by atoms with Gasteiger partial charge in [0.25, 0.3) is 0 Å². The molecule has 0 aromatic heterocycles. The molecule has 0 fully saturated rings. The SMILES string of the molecule is CC(C)CN(C=CC(=O)O)C(C)C. The van der Waals surface area contributed by atoms with Crippen molar-refractivity contribution < 1.29 is 9.90 Å². The number of aliphatic carboxylic acids is 1. The van der Waals surface area contributed by atoms with Crippen LogP contribution in [0.1, 0.15) is 27.7 Å². The molecular formula is C10H19NO2. The van der Waals surface area contributed by atoms with E-state index in [0.717, 1.165) is 6.54 Å². The van der Waals surface area contributed by atoms with Gasteiger partial charge in [-0.3, -0.25) is 0 Å². The summed E-state index contributed by atoms with van der Waals surface area (Å²) in [5.41, 5.74) is 0. The van der Waals surface area contributed by atoms with Crippen molar-refractivity contribution in [2.45, 2.75) is 33.7 Å². The molecule has 0 saturated heterocycles. The van der Waals surface area contributed by atoms with E-state index in [1.54, 1.807) is 6.20 Å². The highest BCUT2D eigenvalue weighted by Gasteiger charge is 2.06. The molecule has 0 aromatic carbocycles. The highest BCUT2D eigenvalue weighted by Crippen LogP contribution is 2.04. The molecule has 0 amide bonds. The fraction of sp³-hybridized carbons (Fsp3) is 0.700. The Morgan fingerprint density at radius 3 is 2.23 bits per heavy atom. The van der Waals surface area contributed by atoms with Crippen molar-refractivity contribution in [3.8, 4) is 0 Å². The van der Waals surface area contributed by atoms with Crippen molar-refractivity contribution in [2.24, 2.45) is 5.92 Å². The molecule has 0 atom stereocenters. The number of carboxylic acids is 1. The van der Waals surface area contributed by atoms with E-state index in [1.807, 2.05) is 4.90 Å². The highest BCUT2D eigenvalue weighted by molar-refractivity contribution is 5.79. The lowest BCUT2D eigenvalue weighted by Crippen LogP contribution is -2.29. The molecule has 0 bridgehead atoms. The minimum Gasteiger partial charge on any atom is -0.478 e. The van der Waals surface area contributed by atoms with Gasteiger partial charge in [-0.15, -0.1) is 0 Å².